The molecule has 1 heterocycles. The van der Waals surface area contributed by atoms with Gasteiger partial charge in [0.15, 0.2) is 0 Å². The monoisotopic (exact) mass is 302 g/mol. The van der Waals surface area contributed by atoms with Crippen LogP contribution in [-0.2, 0) is 11.3 Å². The molecule has 1 aromatic heterocycles. The topological polar surface area (TPSA) is 51.2 Å². The van der Waals surface area contributed by atoms with Crippen LogP contribution in [0.4, 0.5) is 0 Å². The standard InChI is InChI=1S/C16H18N2O2S/c1-2-20-14-6-8-15(9-7-14)21-12-16(19)18-11-13-5-3-4-10-17-13/h3-10H,2,11-12H2,1H3,(H,18,19). The van der Waals surface area contributed by atoms with Gasteiger partial charge in [0.2, 0.25) is 5.91 Å². The summed E-state index contributed by atoms with van der Waals surface area (Å²) in [5.74, 6) is 1.24. The van der Waals surface area contributed by atoms with Gasteiger partial charge >= 0.3 is 0 Å². The Morgan fingerprint density at radius 1 is 1.24 bits per heavy atom. The minimum Gasteiger partial charge on any atom is -0.494 e. The van der Waals surface area contributed by atoms with Crippen LogP contribution < -0.4 is 10.1 Å². The van der Waals surface area contributed by atoms with Gasteiger partial charge < -0.3 is 10.1 Å². The van der Waals surface area contributed by atoms with E-state index in [2.05, 4.69) is 10.3 Å². The molecule has 0 bridgehead atoms. The summed E-state index contributed by atoms with van der Waals surface area (Å²) in [4.78, 5) is 17.0. The van der Waals surface area contributed by atoms with E-state index < -0.39 is 0 Å². The Hall–Kier alpha value is -2.01. The van der Waals surface area contributed by atoms with Crippen molar-refractivity contribution in [3.63, 3.8) is 0 Å². The average Bonchev–Trinajstić information content (AvgIpc) is 2.53. The molecule has 2 rings (SSSR count). The van der Waals surface area contributed by atoms with E-state index in [9.17, 15) is 4.79 Å². The van der Waals surface area contributed by atoms with Gasteiger partial charge in [-0.15, -0.1) is 11.8 Å². The lowest BCUT2D eigenvalue weighted by atomic mass is 10.3. The number of aromatic nitrogens is 1. The van der Waals surface area contributed by atoms with Gasteiger partial charge in [0.05, 0.1) is 24.6 Å². The SMILES string of the molecule is CCOc1ccc(SCC(=O)NCc2ccccn2)cc1. The zero-order chi connectivity index (χ0) is 14.9. The van der Waals surface area contributed by atoms with Crippen molar-refractivity contribution >= 4 is 17.7 Å². The smallest absolute Gasteiger partial charge is 0.230 e. The number of amides is 1. The van der Waals surface area contributed by atoms with Gasteiger partial charge in [-0.25, -0.2) is 0 Å². The van der Waals surface area contributed by atoms with Crippen LogP contribution in [0.2, 0.25) is 0 Å². The van der Waals surface area contributed by atoms with Gasteiger partial charge in [-0.2, -0.15) is 0 Å². The lowest BCUT2D eigenvalue weighted by Crippen LogP contribution is -2.24. The zero-order valence-corrected chi connectivity index (χ0v) is 12.7. The summed E-state index contributed by atoms with van der Waals surface area (Å²) in [5, 5.41) is 2.85. The van der Waals surface area contributed by atoms with Crippen molar-refractivity contribution in [2.75, 3.05) is 12.4 Å². The number of carbonyl (C=O) groups excluding carboxylic acids is 1. The van der Waals surface area contributed by atoms with Gasteiger partial charge in [0.25, 0.3) is 0 Å². The molecule has 0 fully saturated rings. The van der Waals surface area contributed by atoms with Crippen LogP contribution in [0.3, 0.4) is 0 Å². The van der Waals surface area contributed by atoms with Crippen molar-refractivity contribution < 1.29 is 9.53 Å². The Labute approximate surface area is 128 Å². The van der Waals surface area contributed by atoms with Crippen LogP contribution in [0.5, 0.6) is 5.75 Å². The van der Waals surface area contributed by atoms with Crippen LogP contribution in [0.1, 0.15) is 12.6 Å². The molecular formula is C16H18N2O2S. The Morgan fingerprint density at radius 3 is 2.71 bits per heavy atom. The molecule has 0 atom stereocenters. The first-order chi connectivity index (χ1) is 10.3. The molecule has 0 aliphatic rings. The highest BCUT2D eigenvalue weighted by molar-refractivity contribution is 8.00. The van der Waals surface area contributed by atoms with E-state index in [-0.39, 0.29) is 5.91 Å². The lowest BCUT2D eigenvalue weighted by molar-refractivity contribution is -0.118. The highest BCUT2D eigenvalue weighted by atomic mass is 32.2. The molecule has 1 amide bonds. The predicted octanol–water partition coefficient (Wildman–Crippen LogP) is 2.89. The molecule has 0 radical (unpaired) electrons. The predicted molar refractivity (Wildman–Crippen MR) is 84.4 cm³/mol. The number of pyridine rings is 1. The van der Waals surface area contributed by atoms with Crippen molar-refractivity contribution in [2.24, 2.45) is 0 Å². The minimum absolute atomic E-state index is 0.000428. The van der Waals surface area contributed by atoms with Crippen LogP contribution in [0.25, 0.3) is 0 Å². The van der Waals surface area contributed by atoms with Crippen LogP contribution in [0.15, 0.2) is 53.6 Å². The Morgan fingerprint density at radius 2 is 2.05 bits per heavy atom. The van der Waals surface area contributed by atoms with Gasteiger partial charge in [-0.3, -0.25) is 9.78 Å². The molecule has 1 aromatic carbocycles. The third-order valence-corrected chi connectivity index (χ3v) is 3.71. The number of benzene rings is 1. The summed E-state index contributed by atoms with van der Waals surface area (Å²) in [7, 11) is 0. The molecule has 0 aliphatic carbocycles. The number of hydrogen-bond donors (Lipinski definition) is 1. The van der Waals surface area contributed by atoms with Crippen molar-refractivity contribution in [3.8, 4) is 5.75 Å². The molecule has 5 heteroatoms. The number of nitrogens with one attached hydrogen (secondary N) is 1. The largest absolute Gasteiger partial charge is 0.494 e. The van der Waals surface area contributed by atoms with Crippen LogP contribution >= 0.6 is 11.8 Å². The molecule has 1 N–H and O–H groups in total. The summed E-state index contributed by atoms with van der Waals surface area (Å²) in [6.45, 7) is 3.07. The fourth-order valence-corrected chi connectivity index (χ4v) is 2.42. The molecular weight excluding hydrogens is 284 g/mol. The molecule has 0 saturated heterocycles. The third kappa shape index (κ3) is 5.47. The number of nitrogens with zero attached hydrogens (tertiary/aromatic N) is 1. The van der Waals surface area contributed by atoms with Crippen molar-refractivity contribution in [2.45, 2.75) is 18.4 Å². The number of ether oxygens (including phenoxy) is 1. The highest BCUT2D eigenvalue weighted by Gasteiger charge is 2.03. The Bertz CT molecular complexity index is 558. The maximum absolute atomic E-state index is 11.8. The molecule has 2 aromatic rings. The average molecular weight is 302 g/mol. The Balaban J connectivity index is 1.73. The lowest BCUT2D eigenvalue weighted by Gasteiger charge is -2.06. The highest BCUT2D eigenvalue weighted by Crippen LogP contribution is 2.21. The van der Waals surface area contributed by atoms with Gasteiger partial charge in [-0.05, 0) is 43.3 Å². The summed E-state index contributed by atoms with van der Waals surface area (Å²) in [6.07, 6.45) is 1.72. The van der Waals surface area contributed by atoms with E-state index >= 15 is 0 Å². The van der Waals surface area contributed by atoms with E-state index in [0.717, 1.165) is 16.3 Å². The zero-order valence-electron chi connectivity index (χ0n) is 11.9. The first-order valence-electron chi connectivity index (χ1n) is 6.80. The van der Waals surface area contributed by atoms with Crippen molar-refractivity contribution in [1.82, 2.24) is 10.3 Å². The van der Waals surface area contributed by atoms with E-state index in [4.69, 9.17) is 4.74 Å². The molecule has 4 nitrogen and oxygen atoms in total. The van der Waals surface area contributed by atoms with Crippen molar-refractivity contribution in [1.29, 1.82) is 0 Å². The summed E-state index contributed by atoms with van der Waals surface area (Å²) in [5.41, 5.74) is 0.858. The normalized spacial score (nSPS) is 10.1. The third-order valence-electron chi connectivity index (χ3n) is 2.70. The molecule has 0 spiro atoms. The van der Waals surface area contributed by atoms with Gasteiger partial charge in [0, 0.05) is 11.1 Å². The molecule has 0 unspecified atom stereocenters. The van der Waals surface area contributed by atoms with Crippen molar-refractivity contribution in [3.05, 3.63) is 54.4 Å². The molecule has 0 saturated carbocycles. The summed E-state index contributed by atoms with van der Waals surface area (Å²) >= 11 is 1.50. The molecule has 0 aliphatic heterocycles. The minimum atomic E-state index is -0.000428. The number of carbonyl (C=O) groups is 1. The molecule has 21 heavy (non-hydrogen) atoms. The molecule has 110 valence electrons. The number of hydrogen-bond acceptors (Lipinski definition) is 4. The number of thioether (sulfide) groups is 1. The van der Waals surface area contributed by atoms with Crippen LogP contribution in [0, 0.1) is 0 Å². The van der Waals surface area contributed by atoms with E-state index in [1.807, 2.05) is 49.4 Å². The number of rotatable bonds is 7. The second kappa shape index (κ2) is 8.32. The Kier molecular flexibility index (Phi) is 6.09. The second-order valence-electron chi connectivity index (χ2n) is 4.29. The summed E-state index contributed by atoms with van der Waals surface area (Å²) in [6, 6.07) is 13.4. The second-order valence-corrected chi connectivity index (χ2v) is 5.34. The maximum atomic E-state index is 11.8. The first kappa shape index (κ1) is 15.4. The fourth-order valence-electron chi connectivity index (χ4n) is 1.69. The van der Waals surface area contributed by atoms with E-state index in [0.29, 0.717) is 18.9 Å². The maximum Gasteiger partial charge on any atom is 0.230 e. The van der Waals surface area contributed by atoms with Gasteiger partial charge in [-0.1, -0.05) is 6.07 Å². The quantitative estimate of drug-likeness (QED) is 0.799. The first-order valence-corrected chi connectivity index (χ1v) is 7.78. The van der Waals surface area contributed by atoms with Crippen LogP contribution in [-0.4, -0.2) is 23.3 Å². The van der Waals surface area contributed by atoms with E-state index in [1.165, 1.54) is 11.8 Å². The fraction of sp³-hybridized carbons (Fsp3) is 0.250. The summed E-state index contributed by atoms with van der Waals surface area (Å²) < 4.78 is 5.38. The van der Waals surface area contributed by atoms with Gasteiger partial charge in [0.1, 0.15) is 5.75 Å². The van der Waals surface area contributed by atoms with E-state index in [1.54, 1.807) is 6.20 Å².